The molecule has 2 aliphatic rings. The Morgan fingerprint density at radius 3 is 2.40 bits per heavy atom. The molecule has 136 valence electrons. The van der Waals surface area contributed by atoms with E-state index in [0.29, 0.717) is 12.6 Å². The number of carbonyl (C=O) groups is 1. The molecular weight excluding hydrogens is 310 g/mol. The van der Waals surface area contributed by atoms with E-state index in [1.54, 1.807) is 4.90 Å². The molecule has 1 aromatic rings. The highest BCUT2D eigenvalue weighted by atomic mass is 16.2. The maximum atomic E-state index is 12.2. The Morgan fingerprint density at radius 1 is 1.00 bits per heavy atom. The smallest absolute Gasteiger partial charge is 0.275 e. The van der Waals surface area contributed by atoms with Gasteiger partial charge in [-0.1, -0.05) is 55.7 Å². The largest absolute Gasteiger partial charge is 0.348 e. The fourth-order valence-corrected chi connectivity index (χ4v) is 4.02. The Bertz CT molecular complexity index is 544. The predicted molar refractivity (Wildman–Crippen MR) is 102 cm³/mol. The summed E-state index contributed by atoms with van der Waals surface area (Å²) in [5, 5.41) is 3.25. The SMILES string of the molecule is O=C(C[NH+]1CC[NH+](C/C=C/c2ccccc2)CC1)NC1CCCCC1. The molecule has 1 aliphatic heterocycles. The van der Waals surface area contributed by atoms with Crippen LogP contribution in [0.5, 0.6) is 0 Å². The minimum atomic E-state index is 0.259. The van der Waals surface area contributed by atoms with Gasteiger partial charge in [0.25, 0.3) is 5.91 Å². The number of hydrogen-bond donors (Lipinski definition) is 3. The molecule has 0 bridgehead atoms. The summed E-state index contributed by atoms with van der Waals surface area (Å²) in [4.78, 5) is 15.3. The van der Waals surface area contributed by atoms with Gasteiger partial charge in [0.1, 0.15) is 26.2 Å². The zero-order valence-corrected chi connectivity index (χ0v) is 15.3. The van der Waals surface area contributed by atoms with Crippen molar-refractivity contribution >= 4 is 12.0 Å². The molecule has 1 aromatic carbocycles. The lowest BCUT2D eigenvalue weighted by Gasteiger charge is -2.29. The summed E-state index contributed by atoms with van der Waals surface area (Å²) in [6.07, 6.45) is 10.7. The van der Waals surface area contributed by atoms with E-state index >= 15 is 0 Å². The average Bonchev–Trinajstić information content (AvgIpc) is 2.65. The second-order valence-corrected chi connectivity index (χ2v) is 7.60. The molecule has 3 rings (SSSR count). The van der Waals surface area contributed by atoms with E-state index in [2.05, 4.69) is 47.8 Å². The Balaban J connectivity index is 1.32. The number of hydrogen-bond acceptors (Lipinski definition) is 1. The van der Waals surface area contributed by atoms with Crippen LogP contribution in [0.15, 0.2) is 36.4 Å². The van der Waals surface area contributed by atoms with Crippen molar-refractivity contribution in [3.8, 4) is 0 Å². The number of amides is 1. The minimum absolute atomic E-state index is 0.259. The molecule has 0 spiro atoms. The van der Waals surface area contributed by atoms with Crippen molar-refractivity contribution < 1.29 is 14.6 Å². The second-order valence-electron chi connectivity index (χ2n) is 7.60. The van der Waals surface area contributed by atoms with Gasteiger partial charge < -0.3 is 15.1 Å². The zero-order chi connectivity index (χ0) is 17.3. The summed E-state index contributed by atoms with van der Waals surface area (Å²) < 4.78 is 0. The van der Waals surface area contributed by atoms with Crippen LogP contribution < -0.4 is 15.1 Å². The lowest BCUT2D eigenvalue weighted by Crippen LogP contribution is -3.28. The molecule has 1 saturated carbocycles. The van der Waals surface area contributed by atoms with Gasteiger partial charge in [-0.3, -0.25) is 4.79 Å². The van der Waals surface area contributed by atoms with Crippen LogP contribution in [0.4, 0.5) is 0 Å². The zero-order valence-electron chi connectivity index (χ0n) is 15.3. The van der Waals surface area contributed by atoms with Crippen LogP contribution in [-0.2, 0) is 4.79 Å². The first-order valence-electron chi connectivity index (χ1n) is 9.98. The van der Waals surface area contributed by atoms with Gasteiger partial charge in [0.2, 0.25) is 0 Å². The Morgan fingerprint density at radius 2 is 1.68 bits per heavy atom. The average molecular weight is 344 g/mol. The number of piperazine rings is 1. The van der Waals surface area contributed by atoms with Crippen LogP contribution in [-0.4, -0.2) is 51.2 Å². The van der Waals surface area contributed by atoms with Crippen molar-refractivity contribution in [2.75, 3.05) is 39.3 Å². The Labute approximate surface area is 151 Å². The molecule has 4 heteroatoms. The molecule has 0 aromatic heterocycles. The molecule has 1 heterocycles. The van der Waals surface area contributed by atoms with Crippen LogP contribution in [0.2, 0.25) is 0 Å². The Hall–Kier alpha value is -1.65. The number of rotatable bonds is 6. The first kappa shape index (κ1) is 18.2. The summed E-state index contributed by atoms with van der Waals surface area (Å²) in [5.41, 5.74) is 1.27. The molecule has 1 amide bonds. The summed E-state index contributed by atoms with van der Waals surface area (Å²) in [7, 11) is 0. The monoisotopic (exact) mass is 343 g/mol. The van der Waals surface area contributed by atoms with Crippen molar-refractivity contribution in [2.45, 2.75) is 38.1 Å². The van der Waals surface area contributed by atoms with Crippen LogP contribution in [0.1, 0.15) is 37.7 Å². The molecule has 0 atom stereocenters. The molecule has 0 unspecified atom stereocenters. The van der Waals surface area contributed by atoms with Crippen LogP contribution in [0.25, 0.3) is 6.08 Å². The lowest BCUT2D eigenvalue weighted by atomic mass is 9.95. The summed E-state index contributed by atoms with van der Waals surface area (Å²) in [6, 6.07) is 10.9. The molecule has 25 heavy (non-hydrogen) atoms. The van der Waals surface area contributed by atoms with Crippen LogP contribution in [0, 0.1) is 0 Å². The van der Waals surface area contributed by atoms with Crippen LogP contribution >= 0.6 is 0 Å². The third-order valence-corrected chi connectivity index (χ3v) is 5.56. The number of carbonyl (C=O) groups excluding carboxylic acids is 1. The van der Waals surface area contributed by atoms with E-state index in [-0.39, 0.29) is 5.91 Å². The molecule has 4 nitrogen and oxygen atoms in total. The molecular formula is C21H33N3O+2. The van der Waals surface area contributed by atoms with Crippen molar-refractivity contribution in [3.63, 3.8) is 0 Å². The van der Waals surface area contributed by atoms with Gasteiger partial charge in [0.15, 0.2) is 6.54 Å². The normalized spacial score (nSPS) is 25.1. The maximum Gasteiger partial charge on any atom is 0.275 e. The van der Waals surface area contributed by atoms with Crippen molar-refractivity contribution in [3.05, 3.63) is 42.0 Å². The third-order valence-electron chi connectivity index (χ3n) is 5.56. The molecule has 0 radical (unpaired) electrons. The molecule has 1 aliphatic carbocycles. The molecule has 1 saturated heterocycles. The van der Waals surface area contributed by atoms with Gasteiger partial charge in [-0.05, 0) is 24.5 Å². The van der Waals surface area contributed by atoms with Crippen molar-refractivity contribution in [2.24, 2.45) is 0 Å². The van der Waals surface area contributed by atoms with Gasteiger partial charge in [0, 0.05) is 6.04 Å². The number of quaternary nitrogens is 2. The maximum absolute atomic E-state index is 12.2. The van der Waals surface area contributed by atoms with Gasteiger partial charge >= 0.3 is 0 Å². The van der Waals surface area contributed by atoms with Gasteiger partial charge in [0.05, 0.1) is 6.54 Å². The van der Waals surface area contributed by atoms with E-state index in [9.17, 15) is 4.79 Å². The van der Waals surface area contributed by atoms with E-state index < -0.39 is 0 Å². The first-order valence-corrected chi connectivity index (χ1v) is 9.98. The molecule has 2 fully saturated rings. The van der Waals surface area contributed by atoms with Gasteiger partial charge in [-0.15, -0.1) is 0 Å². The summed E-state index contributed by atoms with van der Waals surface area (Å²) in [5.74, 6) is 0.259. The minimum Gasteiger partial charge on any atom is -0.348 e. The lowest BCUT2D eigenvalue weighted by molar-refractivity contribution is -1.01. The Kier molecular flexibility index (Phi) is 7.07. The highest BCUT2D eigenvalue weighted by molar-refractivity contribution is 5.77. The van der Waals surface area contributed by atoms with Gasteiger partial charge in [-0.2, -0.15) is 0 Å². The number of nitrogens with one attached hydrogen (secondary N) is 3. The fourth-order valence-electron chi connectivity index (χ4n) is 4.02. The second kappa shape index (κ2) is 9.73. The van der Waals surface area contributed by atoms with Crippen molar-refractivity contribution in [1.82, 2.24) is 5.32 Å². The topological polar surface area (TPSA) is 38.0 Å². The highest BCUT2D eigenvalue weighted by Crippen LogP contribution is 2.16. The van der Waals surface area contributed by atoms with E-state index in [4.69, 9.17) is 0 Å². The number of benzene rings is 1. The molecule has 3 N–H and O–H groups in total. The third kappa shape index (κ3) is 6.29. The van der Waals surface area contributed by atoms with E-state index in [1.165, 1.54) is 42.6 Å². The first-order chi connectivity index (χ1) is 12.3. The van der Waals surface area contributed by atoms with Crippen molar-refractivity contribution in [1.29, 1.82) is 0 Å². The fraction of sp³-hybridized carbons (Fsp3) is 0.571. The summed E-state index contributed by atoms with van der Waals surface area (Å²) >= 11 is 0. The van der Waals surface area contributed by atoms with E-state index in [1.807, 2.05) is 0 Å². The predicted octanol–water partition coefficient (Wildman–Crippen LogP) is -0.0679. The van der Waals surface area contributed by atoms with E-state index in [0.717, 1.165) is 32.7 Å². The van der Waals surface area contributed by atoms with Crippen LogP contribution in [0.3, 0.4) is 0 Å². The quantitative estimate of drug-likeness (QED) is 0.665. The summed E-state index contributed by atoms with van der Waals surface area (Å²) in [6.45, 7) is 6.26. The van der Waals surface area contributed by atoms with Gasteiger partial charge in [-0.25, -0.2) is 0 Å². The standard InChI is InChI=1S/C21H31N3O/c25-21(22-20-11-5-2-6-12-20)18-24-16-14-23(15-17-24)13-7-10-19-8-3-1-4-9-19/h1,3-4,7-10,20H,2,5-6,11-18H2,(H,22,25)/p+2/b10-7+. The highest BCUT2D eigenvalue weighted by Gasteiger charge is 2.25.